The molecule has 0 aromatic carbocycles. The average Bonchev–Trinajstić information content (AvgIpc) is 2.74. The number of rotatable bonds is 3. The summed E-state index contributed by atoms with van der Waals surface area (Å²) in [5.41, 5.74) is 1.33. The zero-order valence-electron chi connectivity index (χ0n) is 12.9. The minimum absolute atomic E-state index is 0.0157. The van der Waals surface area contributed by atoms with Gasteiger partial charge < -0.3 is 9.84 Å². The minimum atomic E-state index is -0.0157. The third-order valence-corrected chi connectivity index (χ3v) is 4.08. The Balaban J connectivity index is 2.05. The largest absolute Gasteiger partial charge is 0.360 e. The van der Waals surface area contributed by atoms with Gasteiger partial charge in [-0.15, -0.1) is 0 Å². The van der Waals surface area contributed by atoms with Crippen molar-refractivity contribution in [2.45, 2.75) is 77.7 Å². The topological polar surface area (TPSA) is 55.1 Å². The summed E-state index contributed by atoms with van der Waals surface area (Å²) in [5.74, 6) is 0.859. The average molecular weight is 278 g/mol. The molecule has 1 aliphatic carbocycles. The van der Waals surface area contributed by atoms with Crippen LogP contribution in [0.1, 0.15) is 86.5 Å². The molecule has 1 amide bonds. The van der Waals surface area contributed by atoms with E-state index in [1.54, 1.807) is 0 Å². The van der Waals surface area contributed by atoms with E-state index in [1.165, 1.54) is 32.1 Å². The first-order chi connectivity index (χ1) is 9.59. The summed E-state index contributed by atoms with van der Waals surface area (Å²) in [4.78, 5) is 12.5. The number of amides is 1. The number of hydrogen-bond donors (Lipinski definition) is 1. The van der Waals surface area contributed by atoms with Gasteiger partial charge in [-0.2, -0.15) is 0 Å². The molecule has 1 fully saturated rings. The summed E-state index contributed by atoms with van der Waals surface area (Å²) in [7, 11) is 0. The van der Waals surface area contributed by atoms with Gasteiger partial charge in [0.15, 0.2) is 5.76 Å². The fourth-order valence-corrected chi connectivity index (χ4v) is 2.92. The second kappa shape index (κ2) is 6.91. The van der Waals surface area contributed by atoms with Crippen LogP contribution in [-0.2, 0) is 0 Å². The first-order valence-corrected chi connectivity index (χ1v) is 7.86. The quantitative estimate of drug-likeness (QED) is 0.910. The molecule has 1 aromatic rings. The first kappa shape index (κ1) is 15.1. The molecule has 0 aliphatic heterocycles. The normalized spacial score (nSPS) is 17.8. The zero-order valence-corrected chi connectivity index (χ0v) is 12.9. The number of aryl methyl sites for hydroxylation is 1. The summed E-state index contributed by atoms with van der Waals surface area (Å²) in [6.07, 6.45) is 8.52. The van der Waals surface area contributed by atoms with Crippen molar-refractivity contribution in [3.05, 3.63) is 17.0 Å². The number of carbonyl (C=O) groups excluding carboxylic acids is 1. The second-order valence-corrected chi connectivity index (χ2v) is 6.18. The fraction of sp³-hybridized carbons (Fsp3) is 0.750. The highest BCUT2D eigenvalue weighted by Gasteiger charge is 2.24. The van der Waals surface area contributed by atoms with Crippen LogP contribution in [0.25, 0.3) is 0 Å². The summed E-state index contributed by atoms with van der Waals surface area (Å²) < 4.78 is 5.30. The molecule has 4 heteroatoms. The van der Waals surface area contributed by atoms with Gasteiger partial charge in [-0.1, -0.05) is 51.1 Å². The van der Waals surface area contributed by atoms with Gasteiger partial charge in [0.25, 0.3) is 5.91 Å². The molecule has 0 atom stereocenters. The summed E-state index contributed by atoms with van der Waals surface area (Å²) in [5, 5.41) is 7.14. The maximum Gasteiger partial charge on any atom is 0.257 e. The van der Waals surface area contributed by atoms with E-state index in [-0.39, 0.29) is 11.8 Å². The van der Waals surface area contributed by atoms with Gasteiger partial charge in [-0.05, 0) is 19.8 Å². The Labute approximate surface area is 121 Å². The Morgan fingerprint density at radius 1 is 1.20 bits per heavy atom. The molecule has 4 nitrogen and oxygen atoms in total. The standard InChI is InChI=1S/C16H26N2O2/c1-11(2)15-14(12(3)18-20-15)16(19)17-13-9-7-5-4-6-8-10-13/h11,13H,4-10H2,1-3H3,(H,17,19). The lowest BCUT2D eigenvalue weighted by Crippen LogP contribution is -2.36. The van der Waals surface area contributed by atoms with E-state index in [4.69, 9.17) is 4.52 Å². The van der Waals surface area contributed by atoms with E-state index in [0.29, 0.717) is 23.1 Å². The first-order valence-electron chi connectivity index (χ1n) is 7.86. The lowest BCUT2D eigenvalue weighted by atomic mass is 9.96. The molecular weight excluding hydrogens is 252 g/mol. The third-order valence-electron chi connectivity index (χ3n) is 4.08. The van der Waals surface area contributed by atoms with Crippen molar-refractivity contribution in [3.8, 4) is 0 Å². The number of aromatic nitrogens is 1. The SMILES string of the molecule is Cc1noc(C(C)C)c1C(=O)NC1CCCCCCC1. The third kappa shape index (κ3) is 3.62. The van der Waals surface area contributed by atoms with E-state index in [2.05, 4.69) is 10.5 Å². The molecule has 112 valence electrons. The molecule has 1 aliphatic rings. The Morgan fingerprint density at radius 2 is 1.80 bits per heavy atom. The van der Waals surface area contributed by atoms with Crippen molar-refractivity contribution < 1.29 is 9.32 Å². The van der Waals surface area contributed by atoms with Gasteiger partial charge in [0.2, 0.25) is 0 Å². The Bertz CT molecular complexity index is 443. The maximum absolute atomic E-state index is 12.5. The molecule has 0 bridgehead atoms. The molecule has 20 heavy (non-hydrogen) atoms. The van der Waals surface area contributed by atoms with Gasteiger partial charge in [0, 0.05) is 12.0 Å². The van der Waals surface area contributed by atoms with E-state index in [0.717, 1.165) is 12.8 Å². The van der Waals surface area contributed by atoms with Crippen LogP contribution in [0, 0.1) is 6.92 Å². The van der Waals surface area contributed by atoms with Crippen LogP contribution in [0.15, 0.2) is 4.52 Å². The van der Waals surface area contributed by atoms with E-state index in [1.807, 2.05) is 20.8 Å². The molecule has 1 saturated carbocycles. The highest BCUT2D eigenvalue weighted by atomic mass is 16.5. The highest BCUT2D eigenvalue weighted by molar-refractivity contribution is 5.96. The second-order valence-electron chi connectivity index (χ2n) is 6.18. The van der Waals surface area contributed by atoms with Crippen LogP contribution in [0.5, 0.6) is 0 Å². The zero-order chi connectivity index (χ0) is 14.5. The predicted octanol–water partition coefficient (Wildman–Crippen LogP) is 3.95. The maximum atomic E-state index is 12.5. The van der Waals surface area contributed by atoms with Crippen molar-refractivity contribution in [2.75, 3.05) is 0 Å². The van der Waals surface area contributed by atoms with Crippen molar-refractivity contribution in [1.82, 2.24) is 10.5 Å². The number of nitrogens with zero attached hydrogens (tertiary/aromatic N) is 1. The van der Waals surface area contributed by atoms with E-state index < -0.39 is 0 Å². The molecule has 0 saturated heterocycles. The molecule has 0 spiro atoms. The molecule has 1 N–H and O–H groups in total. The van der Waals surface area contributed by atoms with Gasteiger partial charge in [0.1, 0.15) is 5.56 Å². The summed E-state index contributed by atoms with van der Waals surface area (Å²) in [6.45, 7) is 5.88. The number of hydrogen-bond acceptors (Lipinski definition) is 3. The van der Waals surface area contributed by atoms with E-state index >= 15 is 0 Å². The van der Waals surface area contributed by atoms with Crippen molar-refractivity contribution in [1.29, 1.82) is 0 Å². The monoisotopic (exact) mass is 278 g/mol. The Morgan fingerprint density at radius 3 is 2.40 bits per heavy atom. The van der Waals surface area contributed by atoms with Gasteiger partial charge in [-0.3, -0.25) is 4.79 Å². The van der Waals surface area contributed by atoms with Crippen LogP contribution in [-0.4, -0.2) is 17.1 Å². The van der Waals surface area contributed by atoms with Gasteiger partial charge >= 0.3 is 0 Å². The Hall–Kier alpha value is -1.32. The molecule has 2 rings (SSSR count). The summed E-state index contributed by atoms with van der Waals surface area (Å²) >= 11 is 0. The smallest absolute Gasteiger partial charge is 0.257 e. The van der Waals surface area contributed by atoms with Crippen molar-refractivity contribution >= 4 is 5.91 Å². The summed E-state index contributed by atoms with van der Waals surface area (Å²) in [6, 6.07) is 0.303. The Kier molecular flexibility index (Phi) is 5.21. The van der Waals surface area contributed by atoms with Crippen LogP contribution in [0.3, 0.4) is 0 Å². The molecule has 0 radical (unpaired) electrons. The van der Waals surface area contributed by atoms with Crippen molar-refractivity contribution in [3.63, 3.8) is 0 Å². The van der Waals surface area contributed by atoms with Gasteiger partial charge in [-0.25, -0.2) is 0 Å². The van der Waals surface area contributed by atoms with Crippen LogP contribution < -0.4 is 5.32 Å². The fourth-order valence-electron chi connectivity index (χ4n) is 2.92. The van der Waals surface area contributed by atoms with E-state index in [9.17, 15) is 4.79 Å². The predicted molar refractivity (Wildman–Crippen MR) is 78.9 cm³/mol. The van der Waals surface area contributed by atoms with Crippen LogP contribution >= 0.6 is 0 Å². The lowest BCUT2D eigenvalue weighted by molar-refractivity contribution is 0.0927. The minimum Gasteiger partial charge on any atom is -0.360 e. The van der Waals surface area contributed by atoms with Crippen molar-refractivity contribution in [2.24, 2.45) is 0 Å². The highest BCUT2D eigenvalue weighted by Crippen LogP contribution is 2.23. The van der Waals surface area contributed by atoms with Gasteiger partial charge in [0.05, 0.1) is 5.69 Å². The number of carbonyl (C=O) groups is 1. The number of nitrogens with one attached hydrogen (secondary N) is 1. The molecule has 0 unspecified atom stereocenters. The molecule has 1 aromatic heterocycles. The molecule has 1 heterocycles. The van der Waals surface area contributed by atoms with Crippen LogP contribution in [0.2, 0.25) is 0 Å². The lowest BCUT2D eigenvalue weighted by Gasteiger charge is -2.21. The van der Waals surface area contributed by atoms with Crippen LogP contribution in [0.4, 0.5) is 0 Å². The molecular formula is C16H26N2O2.